The van der Waals surface area contributed by atoms with E-state index in [4.69, 9.17) is 0 Å². The lowest BCUT2D eigenvalue weighted by Gasteiger charge is -2.54. The zero-order valence-corrected chi connectivity index (χ0v) is 31.3. The van der Waals surface area contributed by atoms with Gasteiger partial charge in [-0.25, -0.2) is 0 Å². The van der Waals surface area contributed by atoms with Gasteiger partial charge in [0.1, 0.15) is 0 Å². The standard InChI is InChI=1S/C51H48O4/c52-48-18-5-1-2-6-19(18)49(53)31-10-23-22(9-30(31)48)26-13-27(23)41-35-15-34(40(26)41)44-38-17-39(45(35)44)47-37-16-36(46(38)47)42-28-14-29(43(37)42)25-12-33-32(11-24(25)28)50(54)20-7-3-4-8-21(20)51(33)55/h1-8,26-47H,9-17H2. The Hall–Kier alpha value is -3.40. The highest BCUT2D eigenvalue weighted by Crippen LogP contribution is 2.85. The zero-order valence-electron chi connectivity index (χ0n) is 31.3. The van der Waals surface area contributed by atoms with Gasteiger partial charge in [-0.05, 0) is 164 Å². The lowest BCUT2D eigenvalue weighted by Crippen LogP contribution is -2.50. The molecule has 276 valence electrons. The van der Waals surface area contributed by atoms with Crippen LogP contribution in [0.2, 0.25) is 0 Å². The summed E-state index contributed by atoms with van der Waals surface area (Å²) >= 11 is 0. The molecular weight excluding hydrogens is 677 g/mol. The molecule has 0 heterocycles. The molecule has 8 fully saturated rings. The molecule has 4 heteroatoms. The number of fused-ring (bicyclic) bond motifs is 38. The third kappa shape index (κ3) is 3.03. The number of benzene rings is 2. The summed E-state index contributed by atoms with van der Waals surface area (Å²) in [6.45, 7) is 0. The van der Waals surface area contributed by atoms with Crippen LogP contribution in [0.1, 0.15) is 99.2 Å². The molecule has 14 aliphatic rings. The minimum Gasteiger partial charge on any atom is -0.294 e. The molecule has 20 atom stereocenters. The maximum Gasteiger partial charge on any atom is 0.167 e. The van der Waals surface area contributed by atoms with Gasteiger partial charge in [-0.1, -0.05) is 70.8 Å². The van der Waals surface area contributed by atoms with Gasteiger partial charge in [0, 0.05) is 45.9 Å². The number of allylic oxidation sites excluding steroid dienone is 4. The first-order valence-corrected chi connectivity index (χ1v) is 22.7. The average Bonchev–Trinajstić information content (AvgIpc) is 4.06. The van der Waals surface area contributed by atoms with Gasteiger partial charge in [0.15, 0.2) is 23.1 Å². The van der Waals surface area contributed by atoms with Gasteiger partial charge in [0.05, 0.1) is 0 Å². The fourth-order valence-electron chi connectivity index (χ4n) is 21.3. The van der Waals surface area contributed by atoms with E-state index in [0.29, 0.717) is 45.9 Å². The van der Waals surface area contributed by atoms with Crippen molar-refractivity contribution < 1.29 is 19.2 Å². The van der Waals surface area contributed by atoms with E-state index in [1.54, 1.807) is 22.3 Å². The topological polar surface area (TPSA) is 68.3 Å². The quantitative estimate of drug-likeness (QED) is 0.201. The summed E-state index contributed by atoms with van der Waals surface area (Å²) < 4.78 is 0. The van der Waals surface area contributed by atoms with Crippen molar-refractivity contribution in [3.05, 3.63) is 93.1 Å². The molecule has 4 nitrogen and oxygen atoms in total. The van der Waals surface area contributed by atoms with Crippen LogP contribution >= 0.6 is 0 Å². The minimum absolute atomic E-state index is 0.129. The molecule has 14 aliphatic carbocycles. The summed E-state index contributed by atoms with van der Waals surface area (Å²) in [7, 11) is 0. The Kier molecular flexibility index (Phi) is 5.04. The first kappa shape index (κ1) is 29.8. The predicted molar refractivity (Wildman–Crippen MR) is 203 cm³/mol. The molecule has 2 aromatic carbocycles. The Bertz CT molecular complexity index is 2060. The lowest BCUT2D eigenvalue weighted by atomic mass is 9.50. The Balaban J connectivity index is 0.706. The number of carbonyl (C=O) groups excluding carboxylic acids is 4. The molecule has 16 rings (SSSR count). The van der Waals surface area contributed by atoms with Gasteiger partial charge in [0.25, 0.3) is 0 Å². The lowest BCUT2D eigenvalue weighted by molar-refractivity contribution is -0.0486. The third-order valence-corrected chi connectivity index (χ3v) is 21.8. The van der Waals surface area contributed by atoms with Crippen molar-refractivity contribution in [1.29, 1.82) is 0 Å². The van der Waals surface area contributed by atoms with Crippen LogP contribution in [0.15, 0.2) is 70.8 Å². The van der Waals surface area contributed by atoms with E-state index >= 15 is 0 Å². The van der Waals surface area contributed by atoms with Gasteiger partial charge in [-0.3, -0.25) is 19.2 Å². The van der Waals surface area contributed by atoms with Crippen LogP contribution in [0.4, 0.5) is 0 Å². The highest BCUT2D eigenvalue weighted by molar-refractivity contribution is 6.17. The van der Waals surface area contributed by atoms with Crippen molar-refractivity contribution >= 4 is 23.1 Å². The molecular formula is C51H48O4. The first-order chi connectivity index (χ1) is 27.0. The Morgan fingerprint density at radius 1 is 0.291 bits per heavy atom. The monoisotopic (exact) mass is 724 g/mol. The fourth-order valence-corrected chi connectivity index (χ4v) is 21.3. The number of Topliss-reactive ketones (excluding diaryl/α,β-unsaturated/α-hetero) is 4. The zero-order chi connectivity index (χ0) is 35.7. The van der Waals surface area contributed by atoms with E-state index in [1.807, 2.05) is 48.5 Å². The van der Waals surface area contributed by atoms with Crippen LogP contribution in [0.25, 0.3) is 0 Å². The highest BCUT2D eigenvalue weighted by atomic mass is 16.1. The molecule has 0 N–H and O–H groups in total. The van der Waals surface area contributed by atoms with Crippen molar-refractivity contribution in [1.82, 2.24) is 0 Å². The molecule has 10 bridgehead atoms. The van der Waals surface area contributed by atoms with E-state index in [2.05, 4.69) is 0 Å². The maximum absolute atomic E-state index is 13.9. The molecule has 0 spiro atoms. The number of hydrogen-bond acceptors (Lipinski definition) is 4. The number of ketones is 4. The predicted octanol–water partition coefficient (Wildman–Crippen LogP) is 8.97. The van der Waals surface area contributed by atoms with E-state index in [-0.39, 0.29) is 46.8 Å². The molecule has 8 saturated carbocycles. The second-order valence-corrected chi connectivity index (χ2v) is 22.1. The highest BCUT2D eigenvalue weighted by Gasteiger charge is 2.79. The van der Waals surface area contributed by atoms with E-state index < -0.39 is 0 Å². The third-order valence-electron chi connectivity index (χ3n) is 21.8. The molecule has 2 aromatic rings. The second kappa shape index (κ2) is 9.32. The molecule has 20 unspecified atom stereocenters. The molecule has 0 aromatic heterocycles. The van der Waals surface area contributed by atoms with Crippen molar-refractivity contribution in [2.45, 2.75) is 57.8 Å². The fraction of sp³-hybridized carbons (Fsp3) is 0.608. The molecule has 0 radical (unpaired) electrons. The van der Waals surface area contributed by atoms with Gasteiger partial charge in [0.2, 0.25) is 0 Å². The molecule has 0 amide bonds. The first-order valence-electron chi connectivity index (χ1n) is 22.7. The Labute approximate surface area is 322 Å². The van der Waals surface area contributed by atoms with Crippen LogP contribution in [-0.2, 0) is 0 Å². The van der Waals surface area contributed by atoms with Crippen molar-refractivity contribution in [3.8, 4) is 0 Å². The molecule has 0 saturated heterocycles. The van der Waals surface area contributed by atoms with Crippen LogP contribution in [-0.4, -0.2) is 23.1 Å². The Morgan fingerprint density at radius 3 is 0.782 bits per heavy atom. The van der Waals surface area contributed by atoms with Crippen molar-refractivity contribution in [2.75, 3.05) is 0 Å². The Morgan fingerprint density at radius 2 is 0.527 bits per heavy atom. The largest absolute Gasteiger partial charge is 0.294 e. The maximum atomic E-state index is 13.9. The average molecular weight is 725 g/mol. The van der Waals surface area contributed by atoms with Crippen LogP contribution in [0.5, 0.6) is 0 Å². The number of carbonyl (C=O) groups is 4. The van der Waals surface area contributed by atoms with Crippen molar-refractivity contribution in [2.24, 2.45) is 130 Å². The van der Waals surface area contributed by atoms with Gasteiger partial charge < -0.3 is 0 Å². The SMILES string of the molecule is O=C1c2ccccc2C(=O)C2CC3=C(CC12)C1CC3C2C3CC(C12)C1C2CC(C31)C1C3CC(C4C5CC(C6=C5CC5C(=O)c7ccccc7C(=O)C5C6)C34)C21. The summed E-state index contributed by atoms with van der Waals surface area (Å²) in [4.78, 5) is 55.5. The molecule has 55 heavy (non-hydrogen) atoms. The number of hydrogen-bond donors (Lipinski definition) is 0. The van der Waals surface area contributed by atoms with E-state index in [9.17, 15) is 19.2 Å². The number of rotatable bonds is 0. The summed E-state index contributed by atoms with van der Waals surface area (Å²) in [5.41, 5.74) is 9.42. The van der Waals surface area contributed by atoms with Crippen LogP contribution < -0.4 is 0 Å². The summed E-state index contributed by atoms with van der Waals surface area (Å²) in [5, 5.41) is 0. The normalized spacial score (nSPS) is 55.0. The van der Waals surface area contributed by atoms with Gasteiger partial charge in [-0.15, -0.1) is 0 Å². The van der Waals surface area contributed by atoms with Crippen molar-refractivity contribution in [3.63, 3.8) is 0 Å². The summed E-state index contributed by atoms with van der Waals surface area (Å²) in [6.07, 6.45) is 10.6. The minimum atomic E-state index is -0.129. The van der Waals surface area contributed by atoms with Crippen LogP contribution in [0, 0.1) is 130 Å². The summed E-state index contributed by atoms with van der Waals surface area (Å²) in [6, 6.07) is 15.3. The molecule has 0 aliphatic heterocycles. The summed E-state index contributed by atoms with van der Waals surface area (Å²) in [5.74, 6) is 15.9. The van der Waals surface area contributed by atoms with E-state index in [0.717, 1.165) is 109 Å². The van der Waals surface area contributed by atoms with Crippen LogP contribution in [0.3, 0.4) is 0 Å². The van der Waals surface area contributed by atoms with Gasteiger partial charge >= 0.3 is 0 Å². The van der Waals surface area contributed by atoms with E-state index in [1.165, 1.54) is 32.1 Å². The smallest absolute Gasteiger partial charge is 0.167 e. The van der Waals surface area contributed by atoms with Gasteiger partial charge in [-0.2, -0.15) is 0 Å². The second-order valence-electron chi connectivity index (χ2n) is 22.1.